The molecule has 0 bridgehead atoms. The second kappa shape index (κ2) is 4.77. The lowest BCUT2D eigenvalue weighted by atomic mass is 9.98. The van der Waals surface area contributed by atoms with Gasteiger partial charge in [-0.05, 0) is 23.3 Å². The van der Waals surface area contributed by atoms with Crippen LogP contribution >= 0.6 is 0 Å². The second-order valence-corrected chi connectivity index (χ2v) is 4.24. The van der Waals surface area contributed by atoms with Gasteiger partial charge in [-0.3, -0.25) is 0 Å². The molecule has 0 saturated heterocycles. The van der Waals surface area contributed by atoms with Gasteiger partial charge in [0, 0.05) is 5.69 Å². The molecule has 0 atom stereocenters. The molecule has 0 saturated carbocycles. The number of anilines is 1. The first-order valence-electron chi connectivity index (χ1n) is 5.63. The number of rotatable bonds is 2. The monoisotopic (exact) mass is 287 g/mol. The lowest BCUT2D eigenvalue weighted by Gasteiger charge is -2.22. The molecule has 6 heteroatoms. The topological polar surface area (TPSA) is 26.0 Å². The van der Waals surface area contributed by atoms with Crippen molar-refractivity contribution in [2.45, 2.75) is 12.1 Å². The molecule has 20 heavy (non-hydrogen) atoms. The molecule has 0 spiro atoms. The number of hydrogen-bond acceptors (Lipinski definition) is 1. The van der Waals surface area contributed by atoms with Crippen molar-refractivity contribution in [3.05, 3.63) is 54.1 Å². The summed E-state index contributed by atoms with van der Waals surface area (Å²) in [5.74, 6) is -4.98. The molecule has 106 valence electrons. The van der Waals surface area contributed by atoms with Gasteiger partial charge in [0.2, 0.25) is 0 Å². The molecule has 0 aliphatic heterocycles. The van der Waals surface area contributed by atoms with Gasteiger partial charge in [0.15, 0.2) is 0 Å². The van der Waals surface area contributed by atoms with E-state index >= 15 is 0 Å². The first-order valence-corrected chi connectivity index (χ1v) is 5.63. The van der Waals surface area contributed by atoms with Crippen LogP contribution in [0.1, 0.15) is 5.56 Å². The lowest BCUT2D eigenvalue weighted by molar-refractivity contribution is -0.289. The predicted octanol–water partition coefficient (Wildman–Crippen LogP) is 4.59. The van der Waals surface area contributed by atoms with Crippen LogP contribution in [0.25, 0.3) is 11.1 Å². The Hall–Kier alpha value is -2.11. The summed E-state index contributed by atoms with van der Waals surface area (Å²) >= 11 is 0. The van der Waals surface area contributed by atoms with Crippen LogP contribution in [0.4, 0.5) is 27.6 Å². The van der Waals surface area contributed by atoms with Crippen molar-refractivity contribution in [3.63, 3.8) is 0 Å². The highest BCUT2D eigenvalue weighted by molar-refractivity contribution is 5.68. The molecule has 0 aromatic heterocycles. The van der Waals surface area contributed by atoms with Crippen LogP contribution in [0.5, 0.6) is 0 Å². The Labute approximate surface area is 111 Å². The highest BCUT2D eigenvalue weighted by Crippen LogP contribution is 2.46. The first-order chi connectivity index (χ1) is 9.23. The molecule has 0 radical (unpaired) electrons. The lowest BCUT2D eigenvalue weighted by Crippen LogP contribution is -2.34. The van der Waals surface area contributed by atoms with Crippen LogP contribution < -0.4 is 5.73 Å². The van der Waals surface area contributed by atoms with Gasteiger partial charge in [-0.1, -0.05) is 36.4 Å². The number of halogens is 5. The smallest absolute Gasteiger partial charge is 0.398 e. The molecule has 0 fully saturated rings. The summed E-state index contributed by atoms with van der Waals surface area (Å²) in [7, 11) is 0. The van der Waals surface area contributed by atoms with E-state index in [1.54, 1.807) is 30.3 Å². The van der Waals surface area contributed by atoms with Crippen LogP contribution in [0.15, 0.2) is 48.5 Å². The van der Waals surface area contributed by atoms with E-state index in [9.17, 15) is 22.0 Å². The van der Waals surface area contributed by atoms with Crippen LogP contribution in [0.3, 0.4) is 0 Å². The Morgan fingerprint density at radius 3 is 1.90 bits per heavy atom. The predicted molar refractivity (Wildman–Crippen MR) is 66.2 cm³/mol. The van der Waals surface area contributed by atoms with Crippen molar-refractivity contribution in [1.82, 2.24) is 0 Å². The zero-order valence-electron chi connectivity index (χ0n) is 10.1. The number of hydrogen-bond donors (Lipinski definition) is 1. The van der Waals surface area contributed by atoms with Crippen LogP contribution in [-0.2, 0) is 5.92 Å². The van der Waals surface area contributed by atoms with Crippen molar-refractivity contribution in [3.8, 4) is 11.1 Å². The van der Waals surface area contributed by atoms with E-state index in [0.29, 0.717) is 5.56 Å². The van der Waals surface area contributed by atoms with Crippen LogP contribution in [0, 0.1) is 0 Å². The fraction of sp³-hybridized carbons (Fsp3) is 0.143. The van der Waals surface area contributed by atoms with E-state index in [2.05, 4.69) is 0 Å². The molecular formula is C14H10F5N. The summed E-state index contributed by atoms with van der Waals surface area (Å²) in [4.78, 5) is 0. The molecule has 0 aliphatic rings. The molecule has 0 heterocycles. The zero-order valence-corrected chi connectivity index (χ0v) is 10.1. The molecular weight excluding hydrogens is 277 g/mol. The number of alkyl halides is 5. The summed E-state index contributed by atoms with van der Waals surface area (Å²) in [6.07, 6.45) is -5.68. The Bertz CT molecular complexity index is 605. The second-order valence-electron chi connectivity index (χ2n) is 4.24. The molecule has 2 N–H and O–H groups in total. The number of nitrogens with two attached hydrogens (primary N) is 1. The summed E-state index contributed by atoms with van der Waals surface area (Å²) in [6.45, 7) is 0. The first kappa shape index (κ1) is 14.3. The number of benzene rings is 2. The van der Waals surface area contributed by atoms with Gasteiger partial charge < -0.3 is 5.73 Å². The largest absolute Gasteiger partial charge is 0.458 e. The van der Waals surface area contributed by atoms with Crippen molar-refractivity contribution < 1.29 is 22.0 Å². The van der Waals surface area contributed by atoms with Gasteiger partial charge in [0.1, 0.15) is 0 Å². The van der Waals surface area contributed by atoms with Gasteiger partial charge in [-0.2, -0.15) is 22.0 Å². The zero-order chi connectivity index (χ0) is 15.0. The maximum Gasteiger partial charge on any atom is 0.458 e. The molecule has 2 aromatic carbocycles. The quantitative estimate of drug-likeness (QED) is 0.634. The van der Waals surface area contributed by atoms with E-state index in [1.807, 2.05) is 0 Å². The van der Waals surface area contributed by atoms with Gasteiger partial charge in [-0.15, -0.1) is 0 Å². The maximum atomic E-state index is 13.4. The third-order valence-electron chi connectivity index (χ3n) is 2.85. The van der Waals surface area contributed by atoms with E-state index in [-0.39, 0.29) is 5.56 Å². The molecule has 0 amide bonds. The molecule has 1 nitrogen and oxygen atoms in total. The van der Waals surface area contributed by atoms with Gasteiger partial charge in [-0.25, -0.2) is 0 Å². The normalized spacial score (nSPS) is 12.4. The minimum Gasteiger partial charge on any atom is -0.398 e. The Balaban J connectivity index is 2.56. The molecule has 2 aromatic rings. The summed E-state index contributed by atoms with van der Waals surface area (Å²) < 4.78 is 64.1. The molecule has 0 aliphatic carbocycles. The standard InChI is InChI=1S/C14H10F5N/c15-13(16,14(17,18)19)11-8-10(6-7-12(11)20)9-4-2-1-3-5-9/h1-8H,20H2. The fourth-order valence-electron chi connectivity index (χ4n) is 1.79. The summed E-state index contributed by atoms with van der Waals surface area (Å²) in [6, 6.07) is 11.5. The average molecular weight is 287 g/mol. The minimum atomic E-state index is -5.68. The Morgan fingerprint density at radius 2 is 1.35 bits per heavy atom. The van der Waals surface area contributed by atoms with E-state index < -0.39 is 23.3 Å². The van der Waals surface area contributed by atoms with Crippen molar-refractivity contribution in [1.29, 1.82) is 0 Å². The van der Waals surface area contributed by atoms with E-state index in [1.165, 1.54) is 6.07 Å². The van der Waals surface area contributed by atoms with Gasteiger partial charge >= 0.3 is 12.1 Å². The van der Waals surface area contributed by atoms with Crippen LogP contribution in [0.2, 0.25) is 0 Å². The van der Waals surface area contributed by atoms with Gasteiger partial charge in [0.05, 0.1) is 5.56 Å². The van der Waals surface area contributed by atoms with Crippen LogP contribution in [-0.4, -0.2) is 6.18 Å². The Kier molecular flexibility index (Phi) is 3.41. The van der Waals surface area contributed by atoms with Gasteiger partial charge in [0.25, 0.3) is 0 Å². The third-order valence-corrected chi connectivity index (χ3v) is 2.85. The number of nitrogen functional groups attached to an aromatic ring is 1. The highest BCUT2D eigenvalue weighted by atomic mass is 19.4. The minimum absolute atomic E-state index is 0.249. The van der Waals surface area contributed by atoms with Crippen molar-refractivity contribution >= 4 is 5.69 Å². The third kappa shape index (κ3) is 2.45. The van der Waals surface area contributed by atoms with E-state index in [4.69, 9.17) is 5.73 Å². The van der Waals surface area contributed by atoms with Crippen molar-refractivity contribution in [2.24, 2.45) is 0 Å². The van der Waals surface area contributed by atoms with Crippen molar-refractivity contribution in [2.75, 3.05) is 5.73 Å². The maximum absolute atomic E-state index is 13.4. The highest BCUT2D eigenvalue weighted by Gasteiger charge is 2.59. The average Bonchev–Trinajstić information content (AvgIpc) is 2.38. The van der Waals surface area contributed by atoms with E-state index in [0.717, 1.165) is 12.1 Å². The summed E-state index contributed by atoms with van der Waals surface area (Å²) in [5, 5.41) is 0. The molecule has 0 unspecified atom stereocenters. The molecule has 2 rings (SSSR count). The SMILES string of the molecule is Nc1ccc(-c2ccccc2)cc1C(F)(F)C(F)(F)F. The fourth-order valence-corrected chi connectivity index (χ4v) is 1.79. The Morgan fingerprint density at radius 1 is 0.750 bits per heavy atom. The summed E-state index contributed by atoms with van der Waals surface area (Å²) in [5.41, 5.74) is 4.23.